The maximum atomic E-state index is 14.5. The van der Waals surface area contributed by atoms with E-state index in [1.807, 2.05) is 0 Å². The topological polar surface area (TPSA) is 56.0 Å². The number of aromatic nitrogens is 4. The summed E-state index contributed by atoms with van der Waals surface area (Å²) in [4.78, 5) is 11.7. The molecule has 3 aromatic rings. The molecule has 0 spiro atoms. The minimum Gasteiger partial charge on any atom is -0.273 e. The van der Waals surface area contributed by atoms with Crippen LogP contribution in [0.4, 0.5) is 22.0 Å². The van der Waals surface area contributed by atoms with Crippen LogP contribution in [0.3, 0.4) is 0 Å². The van der Waals surface area contributed by atoms with Crippen LogP contribution < -0.4 is 0 Å². The van der Waals surface area contributed by atoms with Crippen molar-refractivity contribution in [3.63, 3.8) is 0 Å². The molecular weight excluding hydrogens is 405 g/mol. The molecule has 11 heteroatoms. The molecule has 28 heavy (non-hydrogen) atoms. The summed E-state index contributed by atoms with van der Waals surface area (Å²) in [6.45, 7) is 1.57. The molecule has 2 aromatic heterocycles. The molecule has 0 saturated carbocycles. The van der Waals surface area contributed by atoms with Crippen LogP contribution in [0, 0.1) is 11.6 Å². The highest BCUT2D eigenvalue weighted by Gasteiger charge is 2.39. The van der Waals surface area contributed by atoms with Crippen molar-refractivity contribution in [2.75, 3.05) is 0 Å². The monoisotopic (exact) mass is 413 g/mol. The fraction of sp³-hybridized carbons (Fsp3) is 0.176. The van der Waals surface area contributed by atoms with E-state index in [9.17, 15) is 22.0 Å². The van der Waals surface area contributed by atoms with E-state index >= 15 is 0 Å². The lowest BCUT2D eigenvalue weighted by Gasteiger charge is -2.16. The van der Waals surface area contributed by atoms with E-state index < -0.39 is 40.1 Å². The summed E-state index contributed by atoms with van der Waals surface area (Å²) in [5, 5.41) is 3.15. The van der Waals surface area contributed by atoms with E-state index in [1.165, 1.54) is 11.0 Å². The highest BCUT2D eigenvalue weighted by atomic mass is 35.5. The summed E-state index contributed by atoms with van der Waals surface area (Å²) in [5.41, 5.74) is -2.71. The maximum absolute atomic E-state index is 14.5. The number of hydrogen-bond donors (Lipinski definition) is 0. The van der Waals surface area contributed by atoms with Gasteiger partial charge in [0.2, 0.25) is 0 Å². The van der Waals surface area contributed by atoms with Gasteiger partial charge in [0.15, 0.2) is 11.5 Å². The SMILES string of the molecule is C[C@@H]1N=C(c2c(F)cccc2F)c2c(cnc(C(F)(F)F)c2Cl)-n2ncnc21. The Morgan fingerprint density at radius 1 is 1.07 bits per heavy atom. The van der Waals surface area contributed by atoms with Gasteiger partial charge in [0.25, 0.3) is 0 Å². The molecule has 5 nitrogen and oxygen atoms in total. The zero-order chi connectivity index (χ0) is 20.2. The second-order valence-corrected chi connectivity index (χ2v) is 6.34. The molecule has 0 N–H and O–H groups in total. The average Bonchev–Trinajstić information content (AvgIpc) is 3.05. The van der Waals surface area contributed by atoms with Gasteiger partial charge >= 0.3 is 6.18 Å². The van der Waals surface area contributed by atoms with Gasteiger partial charge < -0.3 is 0 Å². The second-order valence-electron chi connectivity index (χ2n) is 5.96. The fourth-order valence-corrected chi connectivity index (χ4v) is 3.35. The molecule has 0 amide bonds. The number of alkyl halides is 3. The van der Waals surface area contributed by atoms with Crippen molar-refractivity contribution >= 4 is 17.3 Å². The van der Waals surface area contributed by atoms with Crippen molar-refractivity contribution in [3.8, 4) is 5.69 Å². The largest absolute Gasteiger partial charge is 0.434 e. The van der Waals surface area contributed by atoms with Crippen LogP contribution in [0.1, 0.15) is 35.6 Å². The van der Waals surface area contributed by atoms with Gasteiger partial charge in [-0.3, -0.25) is 4.99 Å². The Morgan fingerprint density at radius 3 is 2.39 bits per heavy atom. The summed E-state index contributed by atoms with van der Waals surface area (Å²) < 4.78 is 70.2. The minimum atomic E-state index is -4.88. The smallest absolute Gasteiger partial charge is 0.273 e. The normalized spacial score (nSPS) is 16.2. The highest BCUT2D eigenvalue weighted by molar-refractivity contribution is 6.37. The van der Waals surface area contributed by atoms with E-state index in [-0.39, 0.29) is 22.8 Å². The lowest BCUT2D eigenvalue weighted by atomic mass is 9.99. The van der Waals surface area contributed by atoms with Crippen molar-refractivity contribution in [1.82, 2.24) is 19.7 Å². The van der Waals surface area contributed by atoms with Gasteiger partial charge in [-0.15, -0.1) is 0 Å². The van der Waals surface area contributed by atoms with Crippen LogP contribution in [0.15, 0.2) is 35.7 Å². The number of rotatable bonds is 1. The predicted octanol–water partition coefficient (Wildman–Crippen LogP) is 4.52. The molecular formula is C17H9ClF5N5. The Hall–Kier alpha value is -2.88. The summed E-state index contributed by atoms with van der Waals surface area (Å²) in [6, 6.07) is 2.33. The van der Waals surface area contributed by atoms with Gasteiger partial charge in [-0.1, -0.05) is 17.7 Å². The summed E-state index contributed by atoms with van der Waals surface area (Å²) in [6.07, 6.45) is -2.81. The molecule has 1 aliphatic heterocycles. The molecule has 0 saturated heterocycles. The number of pyridine rings is 1. The quantitative estimate of drug-likeness (QED) is 0.551. The molecule has 0 unspecified atom stereocenters. The Bertz CT molecular complexity index is 1100. The Labute approximate surface area is 159 Å². The molecule has 1 aliphatic rings. The van der Waals surface area contributed by atoms with E-state index in [1.54, 1.807) is 6.92 Å². The van der Waals surface area contributed by atoms with Gasteiger partial charge in [0.1, 0.15) is 24.0 Å². The first kappa shape index (κ1) is 18.5. The van der Waals surface area contributed by atoms with Gasteiger partial charge in [0, 0.05) is 5.56 Å². The Kier molecular flexibility index (Phi) is 4.18. The molecule has 4 rings (SSSR count). The zero-order valence-corrected chi connectivity index (χ0v) is 14.7. The lowest BCUT2D eigenvalue weighted by molar-refractivity contribution is -0.141. The number of hydrogen-bond acceptors (Lipinski definition) is 4. The van der Waals surface area contributed by atoms with Crippen LogP contribution in [0.25, 0.3) is 5.69 Å². The summed E-state index contributed by atoms with van der Waals surface area (Å²) in [7, 11) is 0. The van der Waals surface area contributed by atoms with E-state index in [0.29, 0.717) is 0 Å². The van der Waals surface area contributed by atoms with Crippen LogP contribution in [0.2, 0.25) is 5.02 Å². The Morgan fingerprint density at radius 2 is 1.75 bits per heavy atom. The lowest BCUT2D eigenvalue weighted by Crippen LogP contribution is -2.17. The van der Waals surface area contributed by atoms with Crippen LogP contribution in [-0.4, -0.2) is 25.5 Å². The third-order valence-corrected chi connectivity index (χ3v) is 4.57. The highest BCUT2D eigenvalue weighted by Crippen LogP contribution is 2.40. The van der Waals surface area contributed by atoms with Crippen LogP contribution in [0.5, 0.6) is 0 Å². The summed E-state index contributed by atoms with van der Waals surface area (Å²) in [5.74, 6) is -1.73. The first-order valence-corrected chi connectivity index (χ1v) is 8.26. The minimum absolute atomic E-state index is 0.0174. The van der Waals surface area contributed by atoms with Crippen molar-refractivity contribution in [2.24, 2.45) is 4.99 Å². The molecule has 0 aliphatic carbocycles. The summed E-state index contributed by atoms with van der Waals surface area (Å²) >= 11 is 6.04. The number of nitrogens with zero attached hydrogens (tertiary/aromatic N) is 5. The van der Waals surface area contributed by atoms with Gasteiger partial charge in [-0.25, -0.2) is 23.4 Å². The second kappa shape index (κ2) is 6.33. The zero-order valence-electron chi connectivity index (χ0n) is 14.0. The molecule has 0 fully saturated rings. The Balaban J connectivity index is 2.13. The van der Waals surface area contributed by atoms with E-state index in [0.717, 1.165) is 24.4 Å². The van der Waals surface area contributed by atoms with Crippen LogP contribution >= 0.6 is 11.6 Å². The standard InChI is InChI=1S/C17H9ClF5N5/c1-7-16-25-6-26-28(16)10-5-24-15(17(21,22)23)13(18)12(10)14(27-7)11-8(19)3-2-4-9(11)20/h2-7H,1H3/t7-/m0/s1. The molecule has 3 heterocycles. The van der Waals surface area contributed by atoms with Crippen molar-refractivity contribution in [1.29, 1.82) is 0 Å². The first-order chi connectivity index (χ1) is 13.2. The third kappa shape index (κ3) is 2.75. The number of fused-ring (bicyclic) bond motifs is 3. The maximum Gasteiger partial charge on any atom is 0.434 e. The van der Waals surface area contributed by atoms with E-state index in [4.69, 9.17) is 11.6 Å². The number of benzene rings is 1. The first-order valence-electron chi connectivity index (χ1n) is 7.88. The van der Waals surface area contributed by atoms with E-state index in [2.05, 4.69) is 20.1 Å². The van der Waals surface area contributed by atoms with Crippen molar-refractivity contribution < 1.29 is 22.0 Å². The van der Waals surface area contributed by atoms with Crippen molar-refractivity contribution in [3.05, 3.63) is 70.0 Å². The fourth-order valence-electron chi connectivity index (χ4n) is 3.01. The van der Waals surface area contributed by atoms with Gasteiger partial charge in [-0.2, -0.15) is 18.3 Å². The molecule has 1 atom stereocenters. The number of halogens is 6. The van der Waals surface area contributed by atoms with Gasteiger partial charge in [-0.05, 0) is 19.1 Å². The van der Waals surface area contributed by atoms with Crippen molar-refractivity contribution in [2.45, 2.75) is 19.1 Å². The van der Waals surface area contributed by atoms with Gasteiger partial charge in [0.05, 0.1) is 28.2 Å². The molecule has 1 aromatic carbocycles. The molecule has 0 radical (unpaired) electrons. The third-order valence-electron chi connectivity index (χ3n) is 4.20. The average molecular weight is 414 g/mol. The number of aliphatic imine (C=N–C) groups is 1. The predicted molar refractivity (Wildman–Crippen MR) is 89.6 cm³/mol. The molecule has 144 valence electrons. The van der Waals surface area contributed by atoms with Crippen LogP contribution in [-0.2, 0) is 6.18 Å². The molecule has 0 bridgehead atoms.